The van der Waals surface area contributed by atoms with Crippen LogP contribution in [-0.2, 0) is 4.79 Å². The number of pyridine rings is 1. The molecule has 0 radical (unpaired) electrons. The van der Waals surface area contributed by atoms with E-state index in [1.54, 1.807) is 29.4 Å². The summed E-state index contributed by atoms with van der Waals surface area (Å²) in [7, 11) is 0. The normalized spacial score (nSPS) is 22.3. The molecule has 0 spiro atoms. The van der Waals surface area contributed by atoms with Crippen molar-refractivity contribution in [2.24, 2.45) is 16.1 Å². The quantitative estimate of drug-likeness (QED) is 0.746. The number of hydrogen-bond acceptors (Lipinski definition) is 5. The Morgan fingerprint density at radius 1 is 1.28 bits per heavy atom. The summed E-state index contributed by atoms with van der Waals surface area (Å²) >= 11 is 0. The molecular formula is C23H20F2N6O. The summed E-state index contributed by atoms with van der Waals surface area (Å²) in [6, 6.07) is 4.07. The van der Waals surface area contributed by atoms with Crippen LogP contribution >= 0.6 is 0 Å². The molecule has 5 heterocycles. The second kappa shape index (κ2) is 7.24. The van der Waals surface area contributed by atoms with Gasteiger partial charge < -0.3 is 10.2 Å². The Kier molecular flexibility index (Phi) is 4.33. The lowest BCUT2D eigenvalue weighted by Gasteiger charge is -2.37. The molecule has 1 fully saturated rings. The molecule has 162 valence electrons. The van der Waals surface area contributed by atoms with Gasteiger partial charge in [-0.15, -0.1) is 10.8 Å². The van der Waals surface area contributed by atoms with Crippen molar-refractivity contribution in [1.82, 2.24) is 19.8 Å². The maximum atomic E-state index is 13.6. The average molecular weight is 434 g/mol. The van der Waals surface area contributed by atoms with Crippen molar-refractivity contribution in [3.05, 3.63) is 64.9 Å². The van der Waals surface area contributed by atoms with Crippen LogP contribution in [0.15, 0.2) is 63.9 Å². The zero-order valence-electron chi connectivity index (χ0n) is 17.1. The van der Waals surface area contributed by atoms with Crippen molar-refractivity contribution in [2.75, 3.05) is 6.54 Å². The van der Waals surface area contributed by atoms with Gasteiger partial charge in [-0.1, -0.05) is 0 Å². The first-order valence-electron chi connectivity index (χ1n) is 10.7. The van der Waals surface area contributed by atoms with Crippen LogP contribution < -0.4 is 5.32 Å². The number of amides is 1. The number of carbonyl (C=O) groups excluding carboxylic acids is 1. The second-order valence-corrected chi connectivity index (χ2v) is 8.44. The minimum atomic E-state index is -2.62. The largest absolute Gasteiger partial charge is 0.358 e. The van der Waals surface area contributed by atoms with Gasteiger partial charge in [0.2, 0.25) is 0 Å². The molecule has 1 N–H and O–H groups in total. The zero-order valence-corrected chi connectivity index (χ0v) is 17.1. The summed E-state index contributed by atoms with van der Waals surface area (Å²) in [5.41, 5.74) is 7.07. The number of nitrogens with zero attached hydrogens (tertiary/aromatic N) is 5. The van der Waals surface area contributed by atoms with Crippen LogP contribution in [0.4, 0.5) is 8.78 Å². The number of nitrogens with one attached hydrogen (secondary N) is 1. The Bertz CT molecular complexity index is 1290. The van der Waals surface area contributed by atoms with Crippen molar-refractivity contribution >= 4 is 22.8 Å². The van der Waals surface area contributed by atoms with E-state index in [1.807, 2.05) is 6.08 Å². The van der Waals surface area contributed by atoms with Gasteiger partial charge in [0.25, 0.3) is 12.3 Å². The number of alkyl halides is 2. The summed E-state index contributed by atoms with van der Waals surface area (Å²) < 4.78 is 28.6. The van der Waals surface area contributed by atoms with Crippen LogP contribution in [0.2, 0.25) is 0 Å². The van der Waals surface area contributed by atoms with Crippen molar-refractivity contribution < 1.29 is 13.6 Å². The van der Waals surface area contributed by atoms with Crippen molar-refractivity contribution in [3.8, 4) is 0 Å². The van der Waals surface area contributed by atoms with Gasteiger partial charge in [-0.25, -0.2) is 13.3 Å². The fourth-order valence-electron chi connectivity index (χ4n) is 4.63. The highest BCUT2D eigenvalue weighted by Crippen LogP contribution is 2.39. The number of rotatable bonds is 4. The van der Waals surface area contributed by atoms with Gasteiger partial charge in [0.1, 0.15) is 11.8 Å². The number of fused-ring (bicyclic) bond motifs is 1. The Labute approximate surface area is 182 Å². The van der Waals surface area contributed by atoms with E-state index in [0.29, 0.717) is 42.2 Å². The number of hydrogen-bond donors (Lipinski definition) is 1. The molecule has 4 aliphatic rings. The van der Waals surface area contributed by atoms with Crippen LogP contribution in [0.5, 0.6) is 0 Å². The Hall–Kier alpha value is -3.58. The van der Waals surface area contributed by atoms with E-state index >= 15 is 0 Å². The van der Waals surface area contributed by atoms with E-state index in [0.717, 1.165) is 29.8 Å². The molecule has 2 aromatic heterocycles. The van der Waals surface area contributed by atoms with Gasteiger partial charge in [0.05, 0.1) is 11.2 Å². The molecule has 32 heavy (non-hydrogen) atoms. The van der Waals surface area contributed by atoms with Gasteiger partial charge in [0, 0.05) is 54.3 Å². The minimum Gasteiger partial charge on any atom is -0.358 e. The smallest absolute Gasteiger partial charge is 0.271 e. The summed E-state index contributed by atoms with van der Waals surface area (Å²) in [4.78, 5) is 15.3. The van der Waals surface area contributed by atoms with Gasteiger partial charge in [0.15, 0.2) is 0 Å². The zero-order chi connectivity index (χ0) is 21.8. The first-order valence-corrected chi connectivity index (χ1v) is 10.7. The molecular weight excluding hydrogens is 414 g/mol. The second-order valence-electron chi connectivity index (χ2n) is 8.44. The third kappa shape index (κ3) is 3.08. The van der Waals surface area contributed by atoms with E-state index in [2.05, 4.69) is 26.3 Å². The molecule has 1 atom stereocenters. The van der Waals surface area contributed by atoms with E-state index in [9.17, 15) is 13.6 Å². The monoisotopic (exact) mass is 434 g/mol. The topological polar surface area (TPSA) is 74.4 Å². The van der Waals surface area contributed by atoms with Gasteiger partial charge >= 0.3 is 0 Å². The van der Waals surface area contributed by atoms with Crippen molar-refractivity contribution in [1.29, 1.82) is 0 Å². The maximum absolute atomic E-state index is 13.6. The first kappa shape index (κ1) is 19.1. The molecule has 1 saturated carbocycles. The maximum Gasteiger partial charge on any atom is 0.271 e. The number of aromatic nitrogens is 2. The highest BCUT2D eigenvalue weighted by Gasteiger charge is 2.39. The molecule has 0 bridgehead atoms. The lowest BCUT2D eigenvalue weighted by molar-refractivity contribution is -0.126. The molecule has 0 saturated heterocycles. The van der Waals surface area contributed by atoms with Crippen LogP contribution in [0.25, 0.3) is 5.52 Å². The van der Waals surface area contributed by atoms with E-state index in [-0.39, 0.29) is 11.5 Å². The lowest BCUT2D eigenvalue weighted by atomic mass is 9.92. The van der Waals surface area contributed by atoms with Gasteiger partial charge in [-0.2, -0.15) is 10.2 Å². The molecule has 6 rings (SSSR count). The van der Waals surface area contributed by atoms with Crippen LogP contribution in [0, 0.1) is 5.92 Å². The van der Waals surface area contributed by atoms with E-state index < -0.39 is 12.5 Å². The molecule has 7 nitrogen and oxygen atoms in total. The van der Waals surface area contributed by atoms with Crippen LogP contribution in [0.1, 0.15) is 49.4 Å². The Morgan fingerprint density at radius 2 is 2.16 bits per heavy atom. The van der Waals surface area contributed by atoms with Crippen molar-refractivity contribution in [3.63, 3.8) is 0 Å². The SMILES string of the molecule is O=C(C1=NN=C(C2CC2)C1)N1CCC2=C(C=C=CN2)[C@@H]1c1cc2c(C(F)F)cccn2n1. The third-order valence-electron chi connectivity index (χ3n) is 6.40. The summed E-state index contributed by atoms with van der Waals surface area (Å²) in [5.74, 6) is 0.271. The van der Waals surface area contributed by atoms with E-state index in [1.165, 1.54) is 10.6 Å². The standard InChI is InChI=1S/C23H20F2N6O/c24-22(25)15-4-2-9-31-20(15)12-18(29-31)21-14-3-1-8-26-16(14)7-10-30(21)23(32)19-11-17(27-28-19)13-5-6-13/h2-4,8-9,12-13,21-22,26H,5-7,10-11H2/t21-/m1/s1. The molecule has 1 aliphatic carbocycles. The predicted molar refractivity (Wildman–Crippen MR) is 114 cm³/mol. The fraction of sp³-hybridized carbons (Fsp3) is 0.348. The lowest BCUT2D eigenvalue weighted by Crippen LogP contribution is -2.44. The Balaban J connectivity index is 1.41. The van der Waals surface area contributed by atoms with Gasteiger partial charge in [-0.3, -0.25) is 4.79 Å². The fourth-order valence-corrected chi connectivity index (χ4v) is 4.63. The number of carbonyl (C=O) groups is 1. The summed E-state index contributed by atoms with van der Waals surface area (Å²) in [6.45, 7) is 0.463. The third-order valence-corrected chi connectivity index (χ3v) is 6.40. The Morgan fingerprint density at radius 3 is 2.97 bits per heavy atom. The first-order chi connectivity index (χ1) is 15.6. The predicted octanol–water partition coefficient (Wildman–Crippen LogP) is 3.68. The highest BCUT2D eigenvalue weighted by molar-refractivity contribution is 6.43. The van der Waals surface area contributed by atoms with Crippen LogP contribution in [-0.4, -0.2) is 38.4 Å². The number of halogens is 2. The molecule has 9 heteroatoms. The molecule has 3 aliphatic heterocycles. The summed E-state index contributed by atoms with van der Waals surface area (Å²) in [5, 5.41) is 16.2. The molecule has 2 aromatic rings. The van der Waals surface area contributed by atoms with Crippen LogP contribution in [0.3, 0.4) is 0 Å². The van der Waals surface area contributed by atoms with Crippen molar-refractivity contribution in [2.45, 2.75) is 38.2 Å². The highest BCUT2D eigenvalue weighted by atomic mass is 19.3. The average Bonchev–Trinajstić information content (AvgIpc) is 3.38. The minimum absolute atomic E-state index is 0.0889. The molecule has 0 aromatic carbocycles. The summed E-state index contributed by atoms with van der Waals surface area (Å²) in [6.07, 6.45) is 5.91. The molecule has 1 amide bonds. The van der Waals surface area contributed by atoms with E-state index in [4.69, 9.17) is 0 Å². The van der Waals surface area contributed by atoms with Gasteiger partial charge in [-0.05, 0) is 43.0 Å². The molecule has 0 unspecified atom stereocenters.